The molecule has 0 saturated heterocycles. The Kier molecular flexibility index (Phi) is 2.73. The van der Waals surface area contributed by atoms with Gasteiger partial charge in [-0.05, 0) is 29.8 Å². The molecule has 3 nitrogen and oxygen atoms in total. The number of nitrogens with two attached hydrogens (primary N) is 1. The van der Waals surface area contributed by atoms with Crippen molar-refractivity contribution in [1.29, 1.82) is 0 Å². The molecule has 1 aromatic carbocycles. The summed E-state index contributed by atoms with van der Waals surface area (Å²) < 4.78 is 0. The maximum Gasteiger partial charge on any atom is 0.255 e. The standard InChI is InChI=1S/C10H8ClNO2S/c11-5-1-2-8-6(3-5)7(13)4-9(15-8)10(12)14/h1-4,7,13H,(H2,12,14). The van der Waals surface area contributed by atoms with Gasteiger partial charge in [-0.2, -0.15) is 0 Å². The smallest absolute Gasteiger partial charge is 0.255 e. The Morgan fingerprint density at radius 3 is 2.93 bits per heavy atom. The second-order valence-electron chi connectivity index (χ2n) is 3.12. The van der Waals surface area contributed by atoms with Gasteiger partial charge in [0.15, 0.2) is 0 Å². The van der Waals surface area contributed by atoms with E-state index in [9.17, 15) is 9.90 Å². The number of amides is 1. The lowest BCUT2D eigenvalue weighted by atomic mass is 10.1. The van der Waals surface area contributed by atoms with E-state index < -0.39 is 12.0 Å². The van der Waals surface area contributed by atoms with Crippen LogP contribution in [0.4, 0.5) is 0 Å². The van der Waals surface area contributed by atoms with E-state index in [1.165, 1.54) is 17.8 Å². The molecule has 1 aliphatic rings. The summed E-state index contributed by atoms with van der Waals surface area (Å²) in [5.41, 5.74) is 5.86. The van der Waals surface area contributed by atoms with E-state index in [2.05, 4.69) is 0 Å². The highest BCUT2D eigenvalue weighted by molar-refractivity contribution is 8.04. The Morgan fingerprint density at radius 2 is 2.27 bits per heavy atom. The van der Waals surface area contributed by atoms with Crippen LogP contribution in [0.3, 0.4) is 0 Å². The lowest BCUT2D eigenvalue weighted by molar-refractivity contribution is -0.114. The summed E-state index contributed by atoms with van der Waals surface area (Å²) in [7, 11) is 0. The molecule has 0 bridgehead atoms. The number of primary amides is 1. The summed E-state index contributed by atoms with van der Waals surface area (Å²) in [6, 6.07) is 5.16. The topological polar surface area (TPSA) is 63.3 Å². The van der Waals surface area contributed by atoms with Gasteiger partial charge in [0, 0.05) is 9.92 Å². The molecule has 1 atom stereocenters. The zero-order chi connectivity index (χ0) is 11.0. The highest BCUT2D eigenvalue weighted by Gasteiger charge is 2.21. The van der Waals surface area contributed by atoms with Crippen LogP contribution in [0.2, 0.25) is 5.02 Å². The molecule has 15 heavy (non-hydrogen) atoms. The lowest BCUT2D eigenvalue weighted by Crippen LogP contribution is -2.15. The van der Waals surface area contributed by atoms with Crippen molar-refractivity contribution in [3.8, 4) is 0 Å². The van der Waals surface area contributed by atoms with Gasteiger partial charge in [0.1, 0.15) is 0 Å². The Hall–Kier alpha value is -0.970. The number of halogens is 1. The first-order valence-electron chi connectivity index (χ1n) is 4.25. The van der Waals surface area contributed by atoms with Crippen molar-refractivity contribution in [2.45, 2.75) is 11.0 Å². The lowest BCUT2D eigenvalue weighted by Gasteiger charge is -2.19. The van der Waals surface area contributed by atoms with Crippen LogP contribution in [-0.2, 0) is 4.79 Å². The first-order valence-corrected chi connectivity index (χ1v) is 5.44. The largest absolute Gasteiger partial charge is 0.384 e. The van der Waals surface area contributed by atoms with Crippen LogP contribution in [0, 0.1) is 0 Å². The number of benzene rings is 1. The Balaban J connectivity index is 2.44. The van der Waals surface area contributed by atoms with E-state index in [1.54, 1.807) is 18.2 Å². The van der Waals surface area contributed by atoms with E-state index in [4.69, 9.17) is 17.3 Å². The number of aliphatic hydroxyl groups excluding tert-OH is 1. The first kappa shape index (κ1) is 10.5. The number of thioether (sulfide) groups is 1. The van der Waals surface area contributed by atoms with Gasteiger partial charge in [0.25, 0.3) is 5.91 Å². The van der Waals surface area contributed by atoms with Crippen LogP contribution in [0.25, 0.3) is 0 Å². The Labute approximate surface area is 95.9 Å². The minimum atomic E-state index is -0.817. The van der Waals surface area contributed by atoms with Crippen LogP contribution in [0.15, 0.2) is 34.1 Å². The quantitative estimate of drug-likeness (QED) is 0.789. The van der Waals surface area contributed by atoms with E-state index in [0.717, 1.165) is 4.90 Å². The number of hydrogen-bond donors (Lipinski definition) is 2. The first-order chi connectivity index (χ1) is 7.08. The van der Waals surface area contributed by atoms with Crippen molar-refractivity contribution in [3.05, 3.63) is 39.8 Å². The predicted octanol–water partition coefficient (Wildman–Crippen LogP) is 1.85. The molecule has 0 fully saturated rings. The number of carbonyl (C=O) groups is 1. The average molecular weight is 242 g/mol. The number of rotatable bonds is 1. The molecule has 0 radical (unpaired) electrons. The van der Waals surface area contributed by atoms with Crippen molar-refractivity contribution < 1.29 is 9.90 Å². The SMILES string of the molecule is NC(=O)C1=CC(O)c2cc(Cl)ccc2S1. The molecule has 1 heterocycles. The number of carbonyl (C=O) groups excluding carboxylic acids is 1. The summed E-state index contributed by atoms with van der Waals surface area (Å²) in [4.78, 5) is 12.1. The van der Waals surface area contributed by atoms with E-state index >= 15 is 0 Å². The van der Waals surface area contributed by atoms with Crippen LogP contribution < -0.4 is 5.73 Å². The van der Waals surface area contributed by atoms with Crippen molar-refractivity contribution in [1.82, 2.24) is 0 Å². The maximum atomic E-state index is 11.0. The summed E-state index contributed by atoms with van der Waals surface area (Å²) in [5.74, 6) is -0.528. The molecule has 3 N–H and O–H groups in total. The van der Waals surface area contributed by atoms with Crippen LogP contribution in [0.5, 0.6) is 0 Å². The fourth-order valence-corrected chi connectivity index (χ4v) is 2.51. The molecule has 1 aliphatic heterocycles. The van der Waals surface area contributed by atoms with Gasteiger partial charge in [0.05, 0.1) is 11.0 Å². The Morgan fingerprint density at radius 1 is 1.53 bits per heavy atom. The molecule has 0 aromatic heterocycles. The Bertz CT molecular complexity index is 459. The van der Waals surface area contributed by atoms with Crippen LogP contribution in [0.1, 0.15) is 11.7 Å². The van der Waals surface area contributed by atoms with Gasteiger partial charge in [-0.1, -0.05) is 23.4 Å². The molecule has 0 aliphatic carbocycles. The van der Waals surface area contributed by atoms with Gasteiger partial charge >= 0.3 is 0 Å². The monoisotopic (exact) mass is 241 g/mol. The second-order valence-corrected chi connectivity index (χ2v) is 4.64. The molecule has 1 unspecified atom stereocenters. The molecular weight excluding hydrogens is 234 g/mol. The van der Waals surface area contributed by atoms with E-state index in [-0.39, 0.29) is 0 Å². The summed E-state index contributed by atoms with van der Waals surface area (Å²) >= 11 is 7.05. The number of fused-ring (bicyclic) bond motifs is 1. The van der Waals surface area contributed by atoms with Crippen molar-refractivity contribution in [3.63, 3.8) is 0 Å². The fourth-order valence-electron chi connectivity index (χ4n) is 1.36. The van der Waals surface area contributed by atoms with Gasteiger partial charge in [-0.25, -0.2) is 0 Å². The molecule has 2 rings (SSSR count). The molecule has 5 heteroatoms. The van der Waals surface area contributed by atoms with Gasteiger partial charge in [-0.15, -0.1) is 0 Å². The third-order valence-electron chi connectivity index (χ3n) is 2.06. The van der Waals surface area contributed by atoms with Crippen molar-refractivity contribution in [2.75, 3.05) is 0 Å². The maximum absolute atomic E-state index is 11.0. The van der Waals surface area contributed by atoms with Gasteiger partial charge in [-0.3, -0.25) is 4.79 Å². The molecule has 1 aromatic rings. The second kappa shape index (κ2) is 3.89. The van der Waals surface area contributed by atoms with Crippen LogP contribution >= 0.6 is 23.4 Å². The molecule has 1 amide bonds. The normalized spacial score (nSPS) is 19.3. The minimum absolute atomic E-state index is 0.359. The molecule has 0 spiro atoms. The van der Waals surface area contributed by atoms with Crippen LogP contribution in [-0.4, -0.2) is 11.0 Å². The summed E-state index contributed by atoms with van der Waals surface area (Å²) in [6.07, 6.45) is 0.619. The zero-order valence-corrected chi connectivity index (χ0v) is 9.18. The van der Waals surface area contributed by atoms with Crippen molar-refractivity contribution in [2.24, 2.45) is 5.73 Å². The number of hydrogen-bond acceptors (Lipinski definition) is 3. The summed E-state index contributed by atoms with van der Waals surface area (Å²) in [5, 5.41) is 10.3. The fraction of sp³-hybridized carbons (Fsp3) is 0.100. The highest BCUT2D eigenvalue weighted by Crippen LogP contribution is 2.40. The van der Waals surface area contributed by atoms with E-state index in [1.807, 2.05) is 0 Å². The highest BCUT2D eigenvalue weighted by atomic mass is 35.5. The predicted molar refractivity (Wildman–Crippen MR) is 59.5 cm³/mol. The van der Waals surface area contributed by atoms with Gasteiger partial charge < -0.3 is 10.8 Å². The number of aliphatic hydroxyl groups is 1. The molecular formula is C10H8ClNO2S. The average Bonchev–Trinajstić information content (AvgIpc) is 2.18. The third kappa shape index (κ3) is 2.02. The van der Waals surface area contributed by atoms with Gasteiger partial charge in [0.2, 0.25) is 0 Å². The molecule has 78 valence electrons. The summed E-state index contributed by atoms with van der Waals surface area (Å²) in [6.45, 7) is 0. The molecule has 0 saturated carbocycles. The van der Waals surface area contributed by atoms with Crippen molar-refractivity contribution >= 4 is 29.3 Å². The van der Waals surface area contributed by atoms with E-state index in [0.29, 0.717) is 15.5 Å². The third-order valence-corrected chi connectivity index (χ3v) is 3.45. The zero-order valence-electron chi connectivity index (χ0n) is 7.61. The minimum Gasteiger partial charge on any atom is -0.384 e.